The normalized spacial score (nSPS) is 12.5. The lowest BCUT2D eigenvalue weighted by Crippen LogP contribution is -2.49. The SMILES string of the molecule is CCC[C@H](NC(=O)c1cccn(C)c1=O)C(=O)N[C@@H](CC(=O)O)c1cc(-c2c(C)cccc2C)cc(F)c1F. The Morgan fingerprint density at radius 1 is 1.03 bits per heavy atom. The van der Waals surface area contributed by atoms with Gasteiger partial charge in [0, 0.05) is 18.8 Å². The quantitative estimate of drug-likeness (QED) is 0.357. The molecule has 0 saturated carbocycles. The first-order chi connectivity index (χ1) is 18.4. The van der Waals surface area contributed by atoms with Gasteiger partial charge in [0.15, 0.2) is 11.6 Å². The summed E-state index contributed by atoms with van der Waals surface area (Å²) in [5.41, 5.74) is 1.55. The van der Waals surface area contributed by atoms with Crippen LogP contribution in [0.1, 0.15) is 59.3 Å². The minimum Gasteiger partial charge on any atom is -0.481 e. The minimum absolute atomic E-state index is 0.157. The Bertz CT molecular complexity index is 1450. The number of nitrogens with zero attached hydrogens (tertiary/aromatic N) is 1. The van der Waals surface area contributed by atoms with Gasteiger partial charge in [-0.15, -0.1) is 0 Å². The standard InChI is InChI=1S/C29H31F2N3O5/c1-5-8-22(32-27(37)19-11-7-12-34(4)29(19)39)28(38)33-23(15-24(35)36)20-13-18(14-21(30)26(20)31)25-16(2)9-6-10-17(25)3/h6-7,9-14,22-23H,5,8,15H2,1-4H3,(H,32,37)(H,33,38)(H,35,36)/t22-,23-/m0/s1. The van der Waals surface area contributed by atoms with Crippen LogP contribution in [0.25, 0.3) is 11.1 Å². The highest BCUT2D eigenvalue weighted by Gasteiger charge is 2.29. The number of benzene rings is 2. The summed E-state index contributed by atoms with van der Waals surface area (Å²) in [6, 6.07) is 8.08. The Hall–Kier alpha value is -4.34. The van der Waals surface area contributed by atoms with Crippen molar-refractivity contribution in [1.82, 2.24) is 15.2 Å². The first-order valence-electron chi connectivity index (χ1n) is 12.5. The van der Waals surface area contributed by atoms with Crippen LogP contribution in [0.5, 0.6) is 0 Å². The number of rotatable bonds is 10. The van der Waals surface area contributed by atoms with Gasteiger partial charge in [-0.3, -0.25) is 19.2 Å². The van der Waals surface area contributed by atoms with Crippen LogP contribution in [0.15, 0.2) is 53.5 Å². The van der Waals surface area contributed by atoms with Gasteiger partial charge >= 0.3 is 5.97 Å². The smallest absolute Gasteiger partial charge is 0.305 e. The molecule has 0 fully saturated rings. The highest BCUT2D eigenvalue weighted by Crippen LogP contribution is 2.33. The molecule has 8 nitrogen and oxygen atoms in total. The van der Waals surface area contributed by atoms with Crippen LogP contribution in [0, 0.1) is 25.5 Å². The molecule has 0 spiro atoms. The predicted octanol–water partition coefficient (Wildman–Crippen LogP) is 4.18. The number of halogens is 2. The maximum Gasteiger partial charge on any atom is 0.305 e. The van der Waals surface area contributed by atoms with Crippen LogP contribution >= 0.6 is 0 Å². The molecule has 10 heteroatoms. The molecule has 0 aliphatic heterocycles. The zero-order valence-corrected chi connectivity index (χ0v) is 22.2. The first kappa shape index (κ1) is 29.2. The summed E-state index contributed by atoms with van der Waals surface area (Å²) in [6.45, 7) is 5.40. The number of nitrogens with one attached hydrogen (secondary N) is 2. The van der Waals surface area contributed by atoms with Crippen molar-refractivity contribution in [3.8, 4) is 11.1 Å². The largest absolute Gasteiger partial charge is 0.481 e. The molecule has 1 aromatic heterocycles. The van der Waals surface area contributed by atoms with Crippen molar-refractivity contribution >= 4 is 17.8 Å². The molecule has 2 atom stereocenters. The third-order valence-corrected chi connectivity index (χ3v) is 6.46. The second kappa shape index (κ2) is 12.5. The Morgan fingerprint density at radius 3 is 2.31 bits per heavy atom. The second-order valence-corrected chi connectivity index (χ2v) is 9.44. The molecule has 0 unspecified atom stereocenters. The van der Waals surface area contributed by atoms with E-state index >= 15 is 4.39 Å². The van der Waals surface area contributed by atoms with Gasteiger partial charge in [-0.2, -0.15) is 0 Å². The third-order valence-electron chi connectivity index (χ3n) is 6.46. The topological polar surface area (TPSA) is 118 Å². The number of aromatic nitrogens is 1. The molecule has 0 saturated heterocycles. The molecule has 0 aliphatic carbocycles. The van der Waals surface area contributed by atoms with Crippen LogP contribution in [0.3, 0.4) is 0 Å². The molecule has 0 aliphatic rings. The van der Waals surface area contributed by atoms with E-state index in [1.165, 1.54) is 36.0 Å². The van der Waals surface area contributed by atoms with Gasteiger partial charge in [-0.25, -0.2) is 8.78 Å². The predicted molar refractivity (Wildman–Crippen MR) is 142 cm³/mol. The van der Waals surface area contributed by atoms with E-state index in [-0.39, 0.29) is 17.5 Å². The number of hydrogen-bond donors (Lipinski definition) is 3. The molecule has 3 aromatic rings. The molecular weight excluding hydrogens is 508 g/mol. The first-order valence-corrected chi connectivity index (χ1v) is 12.5. The maximum absolute atomic E-state index is 15.1. The van der Waals surface area contributed by atoms with Crippen molar-refractivity contribution in [2.75, 3.05) is 0 Å². The number of carbonyl (C=O) groups is 3. The van der Waals surface area contributed by atoms with Crippen molar-refractivity contribution < 1.29 is 28.3 Å². The molecular formula is C29H31F2N3O5. The number of amides is 2. The van der Waals surface area contributed by atoms with E-state index < -0.39 is 53.5 Å². The fourth-order valence-corrected chi connectivity index (χ4v) is 4.53. The number of carboxylic acid groups (broad SMARTS) is 1. The minimum atomic E-state index is -1.44. The van der Waals surface area contributed by atoms with E-state index in [2.05, 4.69) is 10.6 Å². The molecule has 39 heavy (non-hydrogen) atoms. The molecule has 3 rings (SSSR count). The molecule has 206 valence electrons. The zero-order valence-electron chi connectivity index (χ0n) is 22.2. The van der Waals surface area contributed by atoms with Crippen molar-refractivity contribution in [3.05, 3.63) is 92.9 Å². The van der Waals surface area contributed by atoms with Gasteiger partial charge in [-0.05, 0) is 66.8 Å². The summed E-state index contributed by atoms with van der Waals surface area (Å²) < 4.78 is 31.1. The van der Waals surface area contributed by atoms with Crippen LogP contribution in [0.4, 0.5) is 8.78 Å². The summed E-state index contributed by atoms with van der Waals surface area (Å²) in [5, 5.41) is 14.5. The second-order valence-electron chi connectivity index (χ2n) is 9.44. The molecule has 2 aromatic carbocycles. The Labute approximate surface area is 224 Å². The van der Waals surface area contributed by atoms with Gasteiger partial charge in [0.2, 0.25) is 5.91 Å². The van der Waals surface area contributed by atoms with Crippen LogP contribution in [-0.2, 0) is 16.6 Å². The Kier molecular flexibility index (Phi) is 9.34. The van der Waals surface area contributed by atoms with E-state index in [0.717, 1.165) is 17.2 Å². The highest BCUT2D eigenvalue weighted by atomic mass is 19.2. The van der Waals surface area contributed by atoms with E-state index in [0.29, 0.717) is 17.5 Å². The lowest BCUT2D eigenvalue weighted by molar-refractivity contribution is -0.137. The lowest BCUT2D eigenvalue weighted by atomic mass is 9.92. The number of aryl methyl sites for hydroxylation is 3. The average Bonchev–Trinajstić information content (AvgIpc) is 2.86. The third kappa shape index (κ3) is 6.76. The van der Waals surface area contributed by atoms with Gasteiger partial charge in [0.05, 0.1) is 12.5 Å². The molecule has 0 radical (unpaired) electrons. The summed E-state index contributed by atoms with van der Waals surface area (Å²) >= 11 is 0. The number of pyridine rings is 1. The van der Waals surface area contributed by atoms with E-state index in [1.807, 2.05) is 32.0 Å². The van der Waals surface area contributed by atoms with Gasteiger partial charge < -0.3 is 20.3 Å². The number of hydrogen-bond acceptors (Lipinski definition) is 4. The summed E-state index contributed by atoms with van der Waals surface area (Å²) in [6.07, 6.45) is 1.36. The van der Waals surface area contributed by atoms with Gasteiger partial charge in [0.25, 0.3) is 11.5 Å². The summed E-state index contributed by atoms with van der Waals surface area (Å²) in [7, 11) is 1.48. The van der Waals surface area contributed by atoms with Crippen molar-refractivity contribution in [2.45, 2.75) is 52.1 Å². The Morgan fingerprint density at radius 2 is 1.69 bits per heavy atom. The Balaban J connectivity index is 1.97. The molecule has 1 heterocycles. The lowest BCUT2D eigenvalue weighted by Gasteiger charge is -2.24. The fourth-order valence-electron chi connectivity index (χ4n) is 4.53. The highest BCUT2D eigenvalue weighted by molar-refractivity contribution is 5.97. The fraction of sp³-hybridized carbons (Fsp3) is 0.310. The van der Waals surface area contributed by atoms with Gasteiger partial charge in [0.1, 0.15) is 11.6 Å². The summed E-state index contributed by atoms with van der Waals surface area (Å²) in [4.78, 5) is 50.1. The number of aliphatic carboxylic acids is 1. The monoisotopic (exact) mass is 539 g/mol. The van der Waals surface area contributed by atoms with Crippen molar-refractivity contribution in [1.29, 1.82) is 0 Å². The number of carboxylic acids is 1. The molecule has 3 N–H and O–H groups in total. The van der Waals surface area contributed by atoms with Crippen LogP contribution in [0.2, 0.25) is 0 Å². The van der Waals surface area contributed by atoms with Crippen molar-refractivity contribution in [2.24, 2.45) is 7.05 Å². The van der Waals surface area contributed by atoms with Crippen LogP contribution in [-0.4, -0.2) is 33.5 Å². The molecule has 0 bridgehead atoms. The van der Waals surface area contributed by atoms with Gasteiger partial charge in [-0.1, -0.05) is 31.5 Å². The molecule has 2 amide bonds. The summed E-state index contributed by atoms with van der Waals surface area (Å²) in [5.74, 6) is -5.38. The van der Waals surface area contributed by atoms with Crippen LogP contribution < -0.4 is 16.2 Å². The van der Waals surface area contributed by atoms with E-state index in [1.54, 1.807) is 6.92 Å². The maximum atomic E-state index is 15.1. The zero-order chi connectivity index (χ0) is 28.9. The van der Waals surface area contributed by atoms with E-state index in [4.69, 9.17) is 0 Å². The van der Waals surface area contributed by atoms with E-state index in [9.17, 15) is 28.7 Å². The number of carbonyl (C=O) groups excluding carboxylic acids is 2. The average molecular weight is 540 g/mol. The van der Waals surface area contributed by atoms with Crippen molar-refractivity contribution in [3.63, 3.8) is 0 Å².